The zero-order chi connectivity index (χ0) is 22.7. The van der Waals surface area contributed by atoms with Gasteiger partial charge in [0, 0.05) is 11.8 Å². The van der Waals surface area contributed by atoms with Crippen molar-refractivity contribution in [2.75, 3.05) is 18.6 Å². The summed E-state index contributed by atoms with van der Waals surface area (Å²) in [6, 6.07) is 18.0. The van der Waals surface area contributed by atoms with Crippen LogP contribution in [0.5, 0.6) is 11.5 Å². The van der Waals surface area contributed by atoms with Crippen LogP contribution in [0.3, 0.4) is 0 Å². The molecule has 1 atom stereocenters. The summed E-state index contributed by atoms with van der Waals surface area (Å²) in [4.78, 5) is 31.8. The number of anilines is 1. The van der Waals surface area contributed by atoms with Crippen LogP contribution in [-0.2, 0) is 9.59 Å². The van der Waals surface area contributed by atoms with Gasteiger partial charge in [-0.1, -0.05) is 30.3 Å². The molecule has 1 saturated heterocycles. The van der Waals surface area contributed by atoms with Gasteiger partial charge in [0.2, 0.25) is 0 Å². The van der Waals surface area contributed by atoms with Gasteiger partial charge in [-0.05, 0) is 48.9 Å². The minimum absolute atomic E-state index is 0.0157. The highest BCUT2D eigenvalue weighted by Gasteiger charge is 2.47. The quantitative estimate of drug-likeness (QED) is 0.360. The first-order valence-electron chi connectivity index (χ1n) is 10.1. The lowest BCUT2D eigenvalue weighted by molar-refractivity contribution is -0.132. The largest absolute Gasteiger partial charge is 0.507 e. The Kier molecular flexibility index (Phi) is 5.89. The lowest BCUT2D eigenvalue weighted by Gasteiger charge is -2.24. The first-order valence-corrected chi connectivity index (χ1v) is 10.1. The number of amides is 1. The minimum atomic E-state index is -0.855. The predicted octanol–water partition coefficient (Wildman–Crippen LogP) is 4.12. The number of aliphatic hydroxyl groups excluding tert-OH is 1. The summed E-state index contributed by atoms with van der Waals surface area (Å²) in [7, 11) is 1.51. The van der Waals surface area contributed by atoms with Gasteiger partial charge in [0.15, 0.2) is 0 Å². The minimum Gasteiger partial charge on any atom is -0.507 e. The summed E-state index contributed by atoms with van der Waals surface area (Å²) < 4.78 is 10.7. The molecule has 4 rings (SSSR count). The van der Waals surface area contributed by atoms with Crippen molar-refractivity contribution >= 4 is 23.3 Å². The number of ether oxygens (including phenoxy) is 2. The van der Waals surface area contributed by atoms with E-state index in [4.69, 9.17) is 9.47 Å². The molecule has 32 heavy (non-hydrogen) atoms. The van der Waals surface area contributed by atoms with E-state index in [-0.39, 0.29) is 11.3 Å². The third kappa shape index (κ3) is 3.80. The second kappa shape index (κ2) is 8.93. The van der Waals surface area contributed by atoms with Gasteiger partial charge in [-0.15, -0.1) is 0 Å². The van der Waals surface area contributed by atoms with Gasteiger partial charge in [-0.2, -0.15) is 0 Å². The van der Waals surface area contributed by atoms with Crippen molar-refractivity contribution in [2.45, 2.75) is 13.0 Å². The summed E-state index contributed by atoms with van der Waals surface area (Å²) in [6.07, 6.45) is 1.55. The Bertz CT molecular complexity index is 1170. The van der Waals surface area contributed by atoms with Gasteiger partial charge in [-0.25, -0.2) is 4.98 Å². The lowest BCUT2D eigenvalue weighted by atomic mass is 9.95. The van der Waals surface area contributed by atoms with Gasteiger partial charge >= 0.3 is 5.91 Å². The molecule has 0 bridgehead atoms. The van der Waals surface area contributed by atoms with Crippen LogP contribution in [-0.4, -0.2) is 35.5 Å². The highest BCUT2D eigenvalue weighted by molar-refractivity contribution is 6.51. The van der Waals surface area contributed by atoms with Crippen molar-refractivity contribution in [1.29, 1.82) is 0 Å². The number of hydrogen-bond acceptors (Lipinski definition) is 6. The van der Waals surface area contributed by atoms with Crippen LogP contribution in [0.1, 0.15) is 24.1 Å². The zero-order valence-electron chi connectivity index (χ0n) is 17.7. The van der Waals surface area contributed by atoms with E-state index in [0.717, 1.165) is 0 Å². The van der Waals surface area contributed by atoms with Gasteiger partial charge < -0.3 is 14.6 Å². The van der Waals surface area contributed by atoms with Crippen LogP contribution in [0.4, 0.5) is 5.82 Å². The first kappa shape index (κ1) is 21.1. The van der Waals surface area contributed by atoms with Crippen molar-refractivity contribution < 1.29 is 24.2 Å². The fraction of sp³-hybridized carbons (Fsp3) is 0.160. The second-order valence-electron chi connectivity index (χ2n) is 7.09. The molecule has 1 unspecified atom stereocenters. The molecule has 0 spiro atoms. The van der Waals surface area contributed by atoms with Crippen molar-refractivity contribution in [3.05, 3.63) is 89.6 Å². The SMILES string of the molecule is CCOc1ccc(C2C(=C(O)c3cccc(OC)c3)C(=O)C(=O)N2c2ccccn2)cc1. The molecule has 1 aliphatic rings. The molecule has 1 aliphatic heterocycles. The average Bonchev–Trinajstić information content (AvgIpc) is 3.10. The van der Waals surface area contributed by atoms with Crippen LogP contribution in [0.25, 0.3) is 5.76 Å². The number of benzene rings is 2. The molecule has 0 aliphatic carbocycles. The number of aromatic nitrogens is 1. The Morgan fingerprint density at radius 3 is 2.47 bits per heavy atom. The van der Waals surface area contributed by atoms with E-state index in [0.29, 0.717) is 35.1 Å². The van der Waals surface area contributed by atoms with E-state index in [2.05, 4.69) is 4.98 Å². The van der Waals surface area contributed by atoms with Gasteiger partial charge in [-0.3, -0.25) is 14.5 Å². The summed E-state index contributed by atoms with van der Waals surface area (Å²) >= 11 is 0. The summed E-state index contributed by atoms with van der Waals surface area (Å²) in [5.41, 5.74) is 1.00. The lowest BCUT2D eigenvalue weighted by Crippen LogP contribution is -2.30. The van der Waals surface area contributed by atoms with Crippen LogP contribution in [0, 0.1) is 0 Å². The van der Waals surface area contributed by atoms with E-state index in [1.807, 2.05) is 6.92 Å². The maximum atomic E-state index is 13.1. The maximum Gasteiger partial charge on any atom is 0.301 e. The number of carbonyl (C=O) groups is 2. The van der Waals surface area contributed by atoms with Crippen LogP contribution in [0.2, 0.25) is 0 Å². The number of rotatable bonds is 6. The molecule has 7 nitrogen and oxygen atoms in total. The number of aliphatic hydroxyl groups is 1. The van der Waals surface area contributed by atoms with E-state index in [9.17, 15) is 14.7 Å². The fourth-order valence-electron chi connectivity index (χ4n) is 3.72. The Labute approximate surface area is 185 Å². The van der Waals surface area contributed by atoms with Gasteiger partial charge in [0.05, 0.1) is 25.3 Å². The van der Waals surface area contributed by atoms with Crippen molar-refractivity contribution in [1.82, 2.24) is 4.98 Å². The standard InChI is InChI=1S/C25H22N2O5/c1-3-32-18-12-10-16(11-13-18)22-21(23(28)17-7-6-8-19(15-17)31-2)24(29)25(30)27(22)20-9-4-5-14-26-20/h4-15,22,28H,3H2,1-2H3. The highest BCUT2D eigenvalue weighted by Crippen LogP contribution is 2.42. The van der Waals surface area contributed by atoms with Crippen molar-refractivity contribution in [3.8, 4) is 11.5 Å². The van der Waals surface area contributed by atoms with Gasteiger partial charge in [0.1, 0.15) is 23.1 Å². The first-order chi connectivity index (χ1) is 15.5. The highest BCUT2D eigenvalue weighted by atomic mass is 16.5. The third-order valence-electron chi connectivity index (χ3n) is 5.19. The fourth-order valence-corrected chi connectivity index (χ4v) is 3.72. The molecule has 0 radical (unpaired) electrons. The number of pyridine rings is 1. The molecule has 162 valence electrons. The molecule has 1 N–H and O–H groups in total. The summed E-state index contributed by atoms with van der Waals surface area (Å²) in [6.45, 7) is 2.40. The van der Waals surface area contributed by atoms with Crippen molar-refractivity contribution in [3.63, 3.8) is 0 Å². The zero-order valence-corrected chi connectivity index (χ0v) is 17.7. The summed E-state index contributed by atoms with van der Waals surface area (Å²) in [5.74, 6) is -0.316. The third-order valence-corrected chi connectivity index (χ3v) is 5.19. The second-order valence-corrected chi connectivity index (χ2v) is 7.09. The topological polar surface area (TPSA) is 89.0 Å². The number of nitrogens with zero attached hydrogens (tertiary/aromatic N) is 2. The maximum absolute atomic E-state index is 13.1. The molecule has 1 aromatic heterocycles. The van der Waals surface area contributed by atoms with Crippen molar-refractivity contribution in [2.24, 2.45) is 0 Å². The molecule has 1 fully saturated rings. The molecular weight excluding hydrogens is 408 g/mol. The van der Waals surface area contributed by atoms with E-state index >= 15 is 0 Å². The molecule has 2 heterocycles. The smallest absolute Gasteiger partial charge is 0.301 e. The van der Waals surface area contributed by atoms with E-state index in [1.54, 1.807) is 72.9 Å². The molecule has 1 amide bonds. The summed E-state index contributed by atoms with van der Waals surface area (Å²) in [5, 5.41) is 11.1. The molecule has 7 heteroatoms. The predicted molar refractivity (Wildman–Crippen MR) is 120 cm³/mol. The molecule has 0 saturated carbocycles. The number of ketones is 1. The molecule has 2 aromatic carbocycles. The number of hydrogen-bond donors (Lipinski definition) is 1. The van der Waals surface area contributed by atoms with E-state index in [1.165, 1.54) is 12.0 Å². The average molecular weight is 430 g/mol. The monoisotopic (exact) mass is 430 g/mol. The number of Topliss-reactive ketones (excluding diaryl/α,β-unsaturated/α-hetero) is 1. The molecule has 3 aromatic rings. The van der Waals surface area contributed by atoms with Crippen LogP contribution < -0.4 is 14.4 Å². The normalized spacial score (nSPS) is 17.4. The molecular formula is C25H22N2O5. The Morgan fingerprint density at radius 1 is 1.03 bits per heavy atom. The Morgan fingerprint density at radius 2 is 1.81 bits per heavy atom. The number of carbonyl (C=O) groups excluding carboxylic acids is 2. The van der Waals surface area contributed by atoms with Crippen LogP contribution >= 0.6 is 0 Å². The van der Waals surface area contributed by atoms with E-state index < -0.39 is 17.7 Å². The Hall–Kier alpha value is -4.13. The van der Waals surface area contributed by atoms with Crippen LogP contribution in [0.15, 0.2) is 78.5 Å². The number of methoxy groups -OCH3 is 1. The van der Waals surface area contributed by atoms with Gasteiger partial charge in [0.25, 0.3) is 5.78 Å². The Balaban J connectivity index is 1.90.